The summed E-state index contributed by atoms with van der Waals surface area (Å²) in [6.07, 6.45) is 3.29. The first-order valence-corrected chi connectivity index (χ1v) is 7.33. The third-order valence-electron chi connectivity index (χ3n) is 2.59. The molecule has 0 radical (unpaired) electrons. The number of nitrogens with one attached hydrogen (secondary N) is 1. The predicted octanol–water partition coefficient (Wildman–Crippen LogP) is 1.25. The quantitative estimate of drug-likeness (QED) is 0.873. The monoisotopic (exact) mass is 267 g/mol. The Morgan fingerprint density at radius 3 is 2.50 bits per heavy atom. The summed E-state index contributed by atoms with van der Waals surface area (Å²) < 4.78 is 23.6. The molecule has 0 heterocycles. The van der Waals surface area contributed by atoms with E-state index in [2.05, 4.69) is 5.32 Å². The summed E-state index contributed by atoms with van der Waals surface area (Å²) >= 11 is 0. The number of hydrogen-bond donors (Lipinski definition) is 1. The molecule has 0 bridgehead atoms. The lowest BCUT2D eigenvalue weighted by Crippen LogP contribution is -2.36. The second kappa shape index (κ2) is 6.35. The van der Waals surface area contributed by atoms with Gasteiger partial charge in [0.05, 0.1) is 5.75 Å². The van der Waals surface area contributed by atoms with Crippen molar-refractivity contribution in [3.05, 3.63) is 42.0 Å². The minimum Gasteiger partial charge on any atom is -0.358 e. The van der Waals surface area contributed by atoms with Crippen LogP contribution in [0.3, 0.4) is 0 Å². The zero-order chi connectivity index (χ0) is 13.6. The Morgan fingerprint density at radius 1 is 1.33 bits per heavy atom. The molecule has 5 heteroatoms. The van der Waals surface area contributed by atoms with Gasteiger partial charge in [-0.2, -0.15) is 0 Å². The Balaban J connectivity index is 2.68. The van der Waals surface area contributed by atoms with Crippen LogP contribution >= 0.6 is 0 Å². The SMILES string of the molecule is CNC(=O)C(C)S(=O)(=O)C/C=C/c1ccccc1. The van der Waals surface area contributed by atoms with Gasteiger partial charge < -0.3 is 5.32 Å². The third kappa shape index (κ3) is 4.00. The van der Waals surface area contributed by atoms with Crippen molar-refractivity contribution in [2.75, 3.05) is 12.8 Å². The second-order valence-electron chi connectivity index (χ2n) is 3.90. The highest BCUT2D eigenvalue weighted by molar-refractivity contribution is 7.92. The molecular formula is C13H17NO3S. The molecule has 4 nitrogen and oxygen atoms in total. The summed E-state index contributed by atoms with van der Waals surface area (Å²) in [4.78, 5) is 11.3. The van der Waals surface area contributed by atoms with E-state index in [1.54, 1.807) is 12.2 Å². The first-order chi connectivity index (χ1) is 8.47. The van der Waals surface area contributed by atoms with Gasteiger partial charge in [-0.25, -0.2) is 8.42 Å². The average molecular weight is 267 g/mol. The van der Waals surface area contributed by atoms with E-state index in [-0.39, 0.29) is 5.75 Å². The fraction of sp³-hybridized carbons (Fsp3) is 0.308. The number of benzene rings is 1. The van der Waals surface area contributed by atoms with Gasteiger partial charge in [0.2, 0.25) is 5.91 Å². The van der Waals surface area contributed by atoms with Gasteiger partial charge in [0, 0.05) is 7.05 Å². The van der Waals surface area contributed by atoms with Gasteiger partial charge in [0.15, 0.2) is 9.84 Å². The molecule has 0 fully saturated rings. The minimum atomic E-state index is -3.44. The summed E-state index contributed by atoms with van der Waals surface area (Å²) in [5.41, 5.74) is 0.931. The molecule has 18 heavy (non-hydrogen) atoms. The molecule has 1 N–H and O–H groups in total. The van der Waals surface area contributed by atoms with Gasteiger partial charge in [0.1, 0.15) is 5.25 Å². The zero-order valence-corrected chi connectivity index (χ0v) is 11.3. The summed E-state index contributed by atoms with van der Waals surface area (Å²) in [5, 5.41) is 1.31. The van der Waals surface area contributed by atoms with Crippen LogP contribution in [0.25, 0.3) is 6.08 Å². The molecule has 1 aromatic rings. The molecular weight excluding hydrogens is 250 g/mol. The fourth-order valence-corrected chi connectivity index (χ4v) is 2.49. The maximum atomic E-state index is 11.8. The van der Waals surface area contributed by atoms with E-state index in [1.807, 2.05) is 30.3 Å². The third-order valence-corrected chi connectivity index (χ3v) is 4.54. The molecule has 1 rings (SSSR count). The standard InChI is InChI=1S/C13H17NO3S/c1-11(13(15)14-2)18(16,17)10-6-9-12-7-4-3-5-8-12/h3-9,11H,10H2,1-2H3,(H,14,15)/b9-6+. The van der Waals surface area contributed by atoms with E-state index in [0.29, 0.717) is 0 Å². The van der Waals surface area contributed by atoms with Gasteiger partial charge in [-0.3, -0.25) is 4.79 Å². The molecule has 0 aliphatic heterocycles. The van der Waals surface area contributed by atoms with Crippen molar-refractivity contribution in [1.82, 2.24) is 5.32 Å². The lowest BCUT2D eigenvalue weighted by atomic mass is 10.2. The van der Waals surface area contributed by atoms with E-state index in [4.69, 9.17) is 0 Å². The highest BCUT2D eigenvalue weighted by atomic mass is 32.2. The summed E-state index contributed by atoms with van der Waals surface area (Å²) in [5.74, 6) is -0.626. The zero-order valence-electron chi connectivity index (χ0n) is 10.5. The van der Waals surface area contributed by atoms with Crippen molar-refractivity contribution in [3.8, 4) is 0 Å². The maximum absolute atomic E-state index is 11.8. The van der Waals surface area contributed by atoms with Crippen LogP contribution in [0.1, 0.15) is 12.5 Å². The van der Waals surface area contributed by atoms with Crippen LogP contribution in [0, 0.1) is 0 Å². The molecule has 0 aromatic heterocycles. The summed E-state index contributed by atoms with van der Waals surface area (Å²) in [7, 11) is -2.02. The van der Waals surface area contributed by atoms with E-state index in [9.17, 15) is 13.2 Å². The highest BCUT2D eigenvalue weighted by Gasteiger charge is 2.25. The van der Waals surface area contributed by atoms with Crippen LogP contribution in [0.5, 0.6) is 0 Å². The predicted molar refractivity (Wildman–Crippen MR) is 72.8 cm³/mol. The van der Waals surface area contributed by atoms with Crippen LogP contribution in [0.4, 0.5) is 0 Å². The van der Waals surface area contributed by atoms with Crippen molar-refractivity contribution in [2.45, 2.75) is 12.2 Å². The Morgan fingerprint density at radius 2 is 1.94 bits per heavy atom. The molecule has 1 unspecified atom stereocenters. The van der Waals surface area contributed by atoms with Crippen molar-refractivity contribution in [3.63, 3.8) is 0 Å². The first-order valence-electron chi connectivity index (χ1n) is 5.62. The number of hydrogen-bond acceptors (Lipinski definition) is 3. The van der Waals surface area contributed by atoms with Crippen LogP contribution in [-0.4, -0.2) is 32.4 Å². The lowest BCUT2D eigenvalue weighted by molar-refractivity contribution is -0.119. The molecule has 0 saturated heterocycles. The smallest absolute Gasteiger partial charge is 0.237 e. The van der Waals surface area contributed by atoms with Crippen LogP contribution < -0.4 is 5.32 Å². The number of sulfone groups is 1. The first kappa shape index (κ1) is 14.4. The molecule has 98 valence electrons. The molecule has 1 atom stereocenters. The van der Waals surface area contributed by atoms with Gasteiger partial charge in [0.25, 0.3) is 0 Å². The largest absolute Gasteiger partial charge is 0.358 e. The molecule has 1 amide bonds. The number of carbonyl (C=O) groups excluding carboxylic acids is 1. The average Bonchev–Trinajstić information content (AvgIpc) is 2.38. The number of carbonyl (C=O) groups is 1. The van der Waals surface area contributed by atoms with Gasteiger partial charge >= 0.3 is 0 Å². The van der Waals surface area contributed by atoms with Crippen LogP contribution in [-0.2, 0) is 14.6 Å². The normalized spacial score (nSPS) is 13.4. The highest BCUT2D eigenvalue weighted by Crippen LogP contribution is 2.05. The lowest BCUT2D eigenvalue weighted by Gasteiger charge is -2.09. The van der Waals surface area contributed by atoms with Crippen molar-refractivity contribution in [1.29, 1.82) is 0 Å². The Labute approximate surface area is 108 Å². The van der Waals surface area contributed by atoms with E-state index < -0.39 is 21.0 Å². The molecule has 1 aromatic carbocycles. The topological polar surface area (TPSA) is 63.2 Å². The van der Waals surface area contributed by atoms with Crippen molar-refractivity contribution >= 4 is 21.8 Å². The number of rotatable bonds is 5. The number of amides is 1. The van der Waals surface area contributed by atoms with Crippen molar-refractivity contribution in [2.24, 2.45) is 0 Å². The van der Waals surface area contributed by atoms with E-state index >= 15 is 0 Å². The second-order valence-corrected chi connectivity index (χ2v) is 6.27. The van der Waals surface area contributed by atoms with Gasteiger partial charge in [-0.1, -0.05) is 42.5 Å². The fourth-order valence-electron chi connectivity index (χ4n) is 1.39. The summed E-state index contributed by atoms with van der Waals surface area (Å²) in [6.45, 7) is 1.39. The van der Waals surface area contributed by atoms with Gasteiger partial charge in [-0.05, 0) is 12.5 Å². The maximum Gasteiger partial charge on any atom is 0.237 e. The minimum absolute atomic E-state index is 0.142. The Hall–Kier alpha value is -1.62. The Bertz CT molecular complexity index is 520. The van der Waals surface area contributed by atoms with E-state index in [0.717, 1.165) is 5.56 Å². The van der Waals surface area contributed by atoms with E-state index in [1.165, 1.54) is 14.0 Å². The molecule has 0 aliphatic carbocycles. The van der Waals surface area contributed by atoms with Crippen LogP contribution in [0.2, 0.25) is 0 Å². The van der Waals surface area contributed by atoms with Gasteiger partial charge in [-0.15, -0.1) is 0 Å². The molecule has 0 spiro atoms. The molecule has 0 saturated carbocycles. The summed E-state index contributed by atoms with van der Waals surface area (Å²) in [6, 6.07) is 9.40. The van der Waals surface area contributed by atoms with Crippen LogP contribution in [0.15, 0.2) is 36.4 Å². The Kier molecular flexibility index (Phi) is 5.09. The van der Waals surface area contributed by atoms with Crippen molar-refractivity contribution < 1.29 is 13.2 Å². The molecule has 0 aliphatic rings.